The Bertz CT molecular complexity index is 455. The number of amides is 1. The Labute approximate surface area is 108 Å². The number of rotatable bonds is 2. The highest BCUT2D eigenvalue weighted by molar-refractivity contribution is 5.95. The van der Waals surface area contributed by atoms with Gasteiger partial charge in [-0.2, -0.15) is 5.10 Å². The van der Waals surface area contributed by atoms with Crippen LogP contribution >= 0.6 is 0 Å². The van der Waals surface area contributed by atoms with E-state index in [-0.39, 0.29) is 5.91 Å². The third-order valence-electron chi connectivity index (χ3n) is 3.45. The SMILES string of the molecule is Cc1cccc(C(=O)NN=C2CCC(C)CC2)c1. The Kier molecular flexibility index (Phi) is 4.13. The molecule has 0 bridgehead atoms. The van der Waals surface area contributed by atoms with Crippen LogP contribution < -0.4 is 5.43 Å². The van der Waals surface area contributed by atoms with Crippen LogP contribution in [0.2, 0.25) is 0 Å². The number of benzene rings is 1. The first kappa shape index (κ1) is 12.8. The zero-order valence-corrected chi connectivity index (χ0v) is 11.1. The van der Waals surface area contributed by atoms with Crippen LogP contribution in [0, 0.1) is 12.8 Å². The first-order chi connectivity index (χ1) is 8.65. The minimum absolute atomic E-state index is 0.121. The van der Waals surface area contributed by atoms with E-state index in [4.69, 9.17) is 0 Å². The topological polar surface area (TPSA) is 41.5 Å². The third kappa shape index (κ3) is 3.42. The zero-order valence-electron chi connectivity index (χ0n) is 11.1. The fraction of sp³-hybridized carbons (Fsp3) is 0.467. The number of hydrazone groups is 1. The van der Waals surface area contributed by atoms with Crippen molar-refractivity contribution in [3.8, 4) is 0 Å². The molecule has 0 heterocycles. The highest BCUT2D eigenvalue weighted by Crippen LogP contribution is 2.21. The highest BCUT2D eigenvalue weighted by Gasteiger charge is 2.13. The monoisotopic (exact) mass is 244 g/mol. The lowest BCUT2D eigenvalue weighted by molar-refractivity contribution is 0.0954. The van der Waals surface area contributed by atoms with Crippen LogP contribution in [0.3, 0.4) is 0 Å². The van der Waals surface area contributed by atoms with Crippen molar-refractivity contribution in [1.82, 2.24) is 5.43 Å². The molecular formula is C15H20N2O. The molecule has 1 saturated carbocycles. The second-order valence-electron chi connectivity index (χ2n) is 5.17. The summed E-state index contributed by atoms with van der Waals surface area (Å²) in [4.78, 5) is 11.9. The van der Waals surface area contributed by atoms with Crippen LogP contribution in [-0.4, -0.2) is 11.6 Å². The van der Waals surface area contributed by atoms with Crippen LogP contribution in [0.25, 0.3) is 0 Å². The Balaban J connectivity index is 1.94. The smallest absolute Gasteiger partial charge is 0.267 e. The summed E-state index contributed by atoms with van der Waals surface area (Å²) in [6.07, 6.45) is 4.38. The van der Waals surface area contributed by atoms with E-state index in [2.05, 4.69) is 17.5 Å². The summed E-state index contributed by atoms with van der Waals surface area (Å²) in [7, 11) is 0. The molecule has 1 fully saturated rings. The number of aryl methyl sites for hydroxylation is 1. The number of hydrogen-bond acceptors (Lipinski definition) is 2. The van der Waals surface area contributed by atoms with Gasteiger partial charge in [0.2, 0.25) is 0 Å². The molecule has 18 heavy (non-hydrogen) atoms. The minimum atomic E-state index is -0.121. The molecule has 3 nitrogen and oxygen atoms in total. The van der Waals surface area contributed by atoms with E-state index in [1.165, 1.54) is 12.8 Å². The predicted octanol–water partition coefficient (Wildman–Crippen LogP) is 3.29. The van der Waals surface area contributed by atoms with E-state index in [1.807, 2.05) is 31.2 Å². The maximum atomic E-state index is 11.9. The Morgan fingerprint density at radius 3 is 2.72 bits per heavy atom. The van der Waals surface area contributed by atoms with Crippen LogP contribution in [0.5, 0.6) is 0 Å². The third-order valence-corrected chi connectivity index (χ3v) is 3.45. The van der Waals surface area contributed by atoms with Crippen molar-refractivity contribution in [3.05, 3.63) is 35.4 Å². The van der Waals surface area contributed by atoms with Crippen molar-refractivity contribution >= 4 is 11.6 Å². The lowest BCUT2D eigenvalue weighted by atomic mass is 9.90. The molecule has 1 aromatic carbocycles. The van der Waals surface area contributed by atoms with Crippen molar-refractivity contribution < 1.29 is 4.79 Å². The van der Waals surface area contributed by atoms with Gasteiger partial charge in [0.05, 0.1) is 0 Å². The fourth-order valence-corrected chi connectivity index (χ4v) is 2.19. The molecule has 1 N–H and O–H groups in total. The van der Waals surface area contributed by atoms with Crippen LogP contribution in [0.1, 0.15) is 48.5 Å². The average molecular weight is 244 g/mol. The summed E-state index contributed by atoms with van der Waals surface area (Å²) in [5.74, 6) is 0.668. The molecule has 1 aromatic rings. The summed E-state index contributed by atoms with van der Waals surface area (Å²) >= 11 is 0. The van der Waals surface area contributed by atoms with E-state index in [0.29, 0.717) is 5.56 Å². The van der Waals surface area contributed by atoms with Crippen LogP contribution in [-0.2, 0) is 0 Å². The second kappa shape index (κ2) is 5.80. The Morgan fingerprint density at radius 1 is 1.33 bits per heavy atom. The van der Waals surface area contributed by atoms with Gasteiger partial charge in [0.1, 0.15) is 0 Å². The number of hydrogen-bond donors (Lipinski definition) is 1. The second-order valence-corrected chi connectivity index (χ2v) is 5.17. The van der Waals surface area contributed by atoms with Gasteiger partial charge in [-0.05, 0) is 50.7 Å². The van der Waals surface area contributed by atoms with Gasteiger partial charge < -0.3 is 0 Å². The van der Waals surface area contributed by atoms with Crippen molar-refractivity contribution in [1.29, 1.82) is 0 Å². The molecule has 2 rings (SSSR count). The molecule has 0 radical (unpaired) electrons. The van der Waals surface area contributed by atoms with E-state index in [1.54, 1.807) is 0 Å². The van der Waals surface area contributed by atoms with E-state index in [0.717, 1.165) is 30.0 Å². The number of nitrogens with zero attached hydrogens (tertiary/aromatic N) is 1. The molecule has 3 heteroatoms. The lowest BCUT2D eigenvalue weighted by Crippen LogP contribution is -2.21. The molecule has 1 aliphatic carbocycles. The number of carbonyl (C=O) groups excluding carboxylic acids is 1. The van der Waals surface area contributed by atoms with Crippen LogP contribution in [0.4, 0.5) is 0 Å². The molecule has 0 saturated heterocycles. The fourth-order valence-electron chi connectivity index (χ4n) is 2.19. The van der Waals surface area contributed by atoms with E-state index >= 15 is 0 Å². The van der Waals surface area contributed by atoms with Gasteiger partial charge in [-0.15, -0.1) is 0 Å². The predicted molar refractivity (Wildman–Crippen MR) is 73.7 cm³/mol. The minimum Gasteiger partial charge on any atom is -0.267 e. The Hall–Kier alpha value is -1.64. The summed E-state index contributed by atoms with van der Waals surface area (Å²) in [5, 5.41) is 4.24. The van der Waals surface area contributed by atoms with Gasteiger partial charge in [0.25, 0.3) is 5.91 Å². The molecular weight excluding hydrogens is 224 g/mol. The molecule has 0 atom stereocenters. The standard InChI is InChI=1S/C15H20N2O/c1-11-6-8-14(9-7-11)16-17-15(18)13-5-3-4-12(2)10-13/h3-5,10-11H,6-9H2,1-2H3,(H,17,18). The highest BCUT2D eigenvalue weighted by atomic mass is 16.2. The number of nitrogens with one attached hydrogen (secondary N) is 1. The molecule has 0 spiro atoms. The van der Waals surface area contributed by atoms with Gasteiger partial charge in [0, 0.05) is 11.3 Å². The zero-order chi connectivity index (χ0) is 13.0. The molecule has 1 aliphatic rings. The molecule has 96 valence electrons. The van der Waals surface area contributed by atoms with Crippen molar-refractivity contribution in [2.24, 2.45) is 11.0 Å². The largest absolute Gasteiger partial charge is 0.271 e. The van der Waals surface area contributed by atoms with Crippen molar-refractivity contribution in [2.75, 3.05) is 0 Å². The molecule has 0 unspecified atom stereocenters. The maximum absolute atomic E-state index is 11.9. The average Bonchev–Trinajstić information content (AvgIpc) is 2.38. The number of carbonyl (C=O) groups is 1. The van der Waals surface area contributed by atoms with Gasteiger partial charge in [-0.1, -0.05) is 24.6 Å². The molecule has 0 aromatic heterocycles. The first-order valence-corrected chi connectivity index (χ1v) is 6.57. The van der Waals surface area contributed by atoms with Crippen LogP contribution in [0.15, 0.2) is 29.4 Å². The Morgan fingerprint density at radius 2 is 2.06 bits per heavy atom. The van der Waals surface area contributed by atoms with Gasteiger partial charge in [-0.3, -0.25) is 4.79 Å². The normalized spacial score (nSPS) is 19.4. The summed E-state index contributed by atoms with van der Waals surface area (Å²) in [6.45, 7) is 4.24. The molecule has 0 aliphatic heterocycles. The van der Waals surface area contributed by atoms with Crippen molar-refractivity contribution in [3.63, 3.8) is 0 Å². The quantitative estimate of drug-likeness (QED) is 0.797. The van der Waals surface area contributed by atoms with E-state index < -0.39 is 0 Å². The van der Waals surface area contributed by atoms with Gasteiger partial charge >= 0.3 is 0 Å². The van der Waals surface area contributed by atoms with Crippen molar-refractivity contribution in [2.45, 2.75) is 39.5 Å². The molecule has 1 amide bonds. The summed E-state index contributed by atoms with van der Waals surface area (Å²) in [5.41, 5.74) is 5.53. The maximum Gasteiger partial charge on any atom is 0.271 e. The summed E-state index contributed by atoms with van der Waals surface area (Å²) < 4.78 is 0. The van der Waals surface area contributed by atoms with Gasteiger partial charge in [0.15, 0.2) is 0 Å². The summed E-state index contributed by atoms with van der Waals surface area (Å²) in [6, 6.07) is 7.55. The van der Waals surface area contributed by atoms with E-state index in [9.17, 15) is 4.79 Å². The van der Waals surface area contributed by atoms with Gasteiger partial charge in [-0.25, -0.2) is 5.43 Å². The first-order valence-electron chi connectivity index (χ1n) is 6.57. The lowest BCUT2D eigenvalue weighted by Gasteiger charge is -2.18.